The van der Waals surface area contributed by atoms with Crippen LogP contribution in [0.2, 0.25) is 10.0 Å². The highest BCUT2D eigenvalue weighted by molar-refractivity contribution is 6.36. The van der Waals surface area contributed by atoms with Gasteiger partial charge in [0, 0.05) is 27.3 Å². The molecule has 1 heterocycles. The number of para-hydroxylation sites is 1. The molecular weight excluding hydrogens is 361 g/mol. The van der Waals surface area contributed by atoms with Crippen molar-refractivity contribution in [2.45, 2.75) is 25.8 Å². The van der Waals surface area contributed by atoms with Crippen LogP contribution in [-0.4, -0.2) is 24.5 Å². The molecule has 130 valence electrons. The summed E-state index contributed by atoms with van der Waals surface area (Å²) in [5, 5.41) is 0.802. The number of halogens is 2. The molecule has 1 atom stereocenters. The lowest BCUT2D eigenvalue weighted by molar-refractivity contribution is -0.147. The maximum absolute atomic E-state index is 12.5. The summed E-state index contributed by atoms with van der Waals surface area (Å²) in [5.41, 5.74) is 2.51. The maximum Gasteiger partial charge on any atom is 0.310 e. The van der Waals surface area contributed by atoms with E-state index in [0.717, 1.165) is 17.7 Å². The molecule has 4 nitrogen and oxygen atoms in total. The van der Waals surface area contributed by atoms with Crippen LogP contribution in [0.5, 0.6) is 0 Å². The Hall–Kier alpha value is -2.04. The van der Waals surface area contributed by atoms with E-state index in [0.29, 0.717) is 15.6 Å². The summed E-state index contributed by atoms with van der Waals surface area (Å²) >= 11 is 12.1. The van der Waals surface area contributed by atoms with Gasteiger partial charge in [0.15, 0.2) is 6.61 Å². The van der Waals surface area contributed by atoms with Crippen molar-refractivity contribution in [3.05, 3.63) is 63.6 Å². The number of anilines is 1. The first kappa shape index (κ1) is 17.8. The molecule has 1 aliphatic rings. The van der Waals surface area contributed by atoms with Crippen LogP contribution in [0.25, 0.3) is 0 Å². The van der Waals surface area contributed by atoms with Crippen LogP contribution in [0, 0.1) is 0 Å². The first-order valence-electron chi connectivity index (χ1n) is 7.96. The summed E-state index contributed by atoms with van der Waals surface area (Å²) in [6, 6.07) is 12.8. The molecule has 0 saturated carbocycles. The molecule has 0 radical (unpaired) electrons. The van der Waals surface area contributed by atoms with Crippen molar-refractivity contribution in [2.24, 2.45) is 0 Å². The summed E-state index contributed by atoms with van der Waals surface area (Å²) in [6.07, 6.45) is 0.725. The van der Waals surface area contributed by atoms with Gasteiger partial charge >= 0.3 is 5.97 Å². The summed E-state index contributed by atoms with van der Waals surface area (Å²) in [4.78, 5) is 26.2. The Morgan fingerprint density at radius 3 is 2.52 bits per heavy atom. The second-order valence-corrected chi connectivity index (χ2v) is 6.80. The van der Waals surface area contributed by atoms with E-state index in [2.05, 4.69) is 0 Å². The van der Waals surface area contributed by atoms with Crippen LogP contribution in [-0.2, 0) is 27.2 Å². The Labute approximate surface area is 156 Å². The van der Waals surface area contributed by atoms with Crippen LogP contribution in [0.4, 0.5) is 5.69 Å². The molecule has 1 aliphatic heterocycles. The van der Waals surface area contributed by atoms with Crippen LogP contribution in [0.15, 0.2) is 42.5 Å². The zero-order valence-electron chi connectivity index (χ0n) is 13.7. The van der Waals surface area contributed by atoms with Crippen molar-refractivity contribution >= 4 is 40.8 Å². The second-order valence-electron chi connectivity index (χ2n) is 5.98. The zero-order valence-corrected chi connectivity index (χ0v) is 15.2. The lowest BCUT2D eigenvalue weighted by Gasteiger charge is -2.22. The fourth-order valence-electron chi connectivity index (χ4n) is 3.05. The van der Waals surface area contributed by atoms with Crippen molar-refractivity contribution in [2.75, 3.05) is 11.5 Å². The molecule has 3 rings (SSSR count). The van der Waals surface area contributed by atoms with Gasteiger partial charge in [-0.05, 0) is 37.1 Å². The molecule has 2 aromatic carbocycles. The molecule has 0 fully saturated rings. The molecule has 1 amide bonds. The van der Waals surface area contributed by atoms with Gasteiger partial charge in [-0.1, -0.05) is 47.5 Å². The molecule has 0 unspecified atom stereocenters. The molecule has 0 spiro atoms. The fraction of sp³-hybridized carbons (Fsp3) is 0.263. The smallest absolute Gasteiger partial charge is 0.310 e. The van der Waals surface area contributed by atoms with Gasteiger partial charge in [-0.15, -0.1) is 0 Å². The molecule has 0 aliphatic carbocycles. The van der Waals surface area contributed by atoms with E-state index >= 15 is 0 Å². The van der Waals surface area contributed by atoms with E-state index in [4.69, 9.17) is 27.9 Å². The van der Waals surface area contributed by atoms with Crippen LogP contribution in [0.1, 0.15) is 18.1 Å². The minimum Gasteiger partial charge on any atom is -0.455 e. The van der Waals surface area contributed by atoms with Crippen molar-refractivity contribution < 1.29 is 14.3 Å². The number of carbonyl (C=O) groups excluding carboxylic acids is 2. The monoisotopic (exact) mass is 377 g/mol. The first-order valence-corrected chi connectivity index (χ1v) is 8.71. The average Bonchev–Trinajstić information content (AvgIpc) is 2.92. The SMILES string of the molecule is C[C@H]1Cc2ccccc2N1C(=O)COC(=O)Cc1c(Cl)cccc1Cl. The largest absolute Gasteiger partial charge is 0.455 e. The highest BCUT2D eigenvalue weighted by Gasteiger charge is 2.31. The first-order chi connectivity index (χ1) is 12.0. The number of benzene rings is 2. The van der Waals surface area contributed by atoms with Gasteiger partial charge in [0.1, 0.15) is 0 Å². The third kappa shape index (κ3) is 3.80. The molecule has 25 heavy (non-hydrogen) atoms. The van der Waals surface area contributed by atoms with Crippen LogP contribution < -0.4 is 4.90 Å². The maximum atomic E-state index is 12.5. The van der Waals surface area contributed by atoms with Crippen molar-refractivity contribution in [1.29, 1.82) is 0 Å². The van der Waals surface area contributed by atoms with Gasteiger partial charge in [-0.3, -0.25) is 9.59 Å². The predicted octanol–water partition coefficient (Wildman–Crippen LogP) is 4.06. The third-order valence-corrected chi connectivity index (χ3v) is 4.92. The molecule has 6 heteroatoms. The number of fused-ring (bicyclic) bond motifs is 1. The van der Waals surface area contributed by atoms with Gasteiger partial charge in [-0.25, -0.2) is 0 Å². The Morgan fingerprint density at radius 2 is 1.80 bits per heavy atom. The van der Waals surface area contributed by atoms with Gasteiger partial charge in [0.25, 0.3) is 5.91 Å². The van der Waals surface area contributed by atoms with E-state index in [1.807, 2.05) is 31.2 Å². The topological polar surface area (TPSA) is 46.6 Å². The Kier molecular flexibility index (Phi) is 5.30. The molecule has 0 saturated heterocycles. The zero-order chi connectivity index (χ0) is 18.0. The Bertz CT molecular complexity index is 802. The summed E-state index contributed by atoms with van der Waals surface area (Å²) in [7, 11) is 0. The Balaban J connectivity index is 1.62. The molecular formula is C19H17Cl2NO3. The molecule has 0 aromatic heterocycles. The van der Waals surface area contributed by atoms with Crippen molar-refractivity contribution in [1.82, 2.24) is 0 Å². The minimum atomic E-state index is -0.538. The number of hydrogen-bond acceptors (Lipinski definition) is 3. The van der Waals surface area contributed by atoms with Gasteiger partial charge in [-0.2, -0.15) is 0 Å². The number of carbonyl (C=O) groups is 2. The highest BCUT2D eigenvalue weighted by Crippen LogP contribution is 2.31. The number of nitrogens with zero attached hydrogens (tertiary/aromatic N) is 1. The highest BCUT2D eigenvalue weighted by atomic mass is 35.5. The van der Waals surface area contributed by atoms with E-state index in [-0.39, 0.29) is 25.0 Å². The van der Waals surface area contributed by atoms with Crippen molar-refractivity contribution in [3.63, 3.8) is 0 Å². The van der Waals surface area contributed by atoms with E-state index in [9.17, 15) is 9.59 Å². The number of hydrogen-bond donors (Lipinski definition) is 0. The number of esters is 1. The van der Waals surface area contributed by atoms with Crippen LogP contribution in [0.3, 0.4) is 0 Å². The quantitative estimate of drug-likeness (QED) is 0.754. The third-order valence-electron chi connectivity index (χ3n) is 4.22. The number of rotatable bonds is 4. The normalized spacial score (nSPS) is 15.8. The fourth-order valence-corrected chi connectivity index (χ4v) is 3.59. The number of amides is 1. The standard InChI is InChI=1S/C19H17Cl2NO3/c1-12-9-13-5-2-3-8-17(13)22(12)18(23)11-25-19(24)10-14-15(20)6-4-7-16(14)21/h2-8,12H,9-11H2,1H3/t12-/m0/s1. The van der Waals surface area contributed by atoms with Gasteiger partial charge in [0.2, 0.25) is 0 Å². The lowest BCUT2D eigenvalue weighted by Crippen LogP contribution is -2.38. The van der Waals surface area contributed by atoms with Gasteiger partial charge < -0.3 is 9.64 Å². The number of ether oxygens (including phenoxy) is 1. The summed E-state index contributed by atoms with van der Waals surface area (Å²) < 4.78 is 5.15. The van der Waals surface area contributed by atoms with Crippen molar-refractivity contribution in [3.8, 4) is 0 Å². The summed E-state index contributed by atoms with van der Waals surface area (Å²) in [5.74, 6) is -0.778. The van der Waals surface area contributed by atoms with Gasteiger partial charge in [0.05, 0.1) is 6.42 Å². The molecule has 0 N–H and O–H groups in total. The minimum absolute atomic E-state index is 0.0432. The lowest BCUT2D eigenvalue weighted by atomic mass is 10.1. The van der Waals surface area contributed by atoms with E-state index in [1.165, 1.54) is 0 Å². The van der Waals surface area contributed by atoms with E-state index < -0.39 is 5.97 Å². The summed E-state index contributed by atoms with van der Waals surface area (Å²) in [6.45, 7) is 1.67. The molecule has 0 bridgehead atoms. The Morgan fingerprint density at radius 1 is 1.12 bits per heavy atom. The predicted molar refractivity (Wildman–Crippen MR) is 98.2 cm³/mol. The molecule has 2 aromatic rings. The second kappa shape index (κ2) is 7.46. The van der Waals surface area contributed by atoms with Crippen LogP contribution >= 0.6 is 23.2 Å². The average molecular weight is 378 g/mol. The van der Waals surface area contributed by atoms with E-state index in [1.54, 1.807) is 23.1 Å².